The van der Waals surface area contributed by atoms with Gasteiger partial charge in [0.1, 0.15) is 11.5 Å². The molecule has 0 radical (unpaired) electrons. The smallest absolute Gasteiger partial charge is 0.135 e. The van der Waals surface area contributed by atoms with Gasteiger partial charge in [-0.25, -0.2) is 0 Å². The van der Waals surface area contributed by atoms with E-state index in [1.807, 2.05) is 0 Å². The average Bonchev–Trinajstić information content (AvgIpc) is 3.48. The summed E-state index contributed by atoms with van der Waals surface area (Å²) >= 11 is 0. The van der Waals surface area contributed by atoms with Crippen LogP contribution in [0.1, 0.15) is 25.0 Å². The summed E-state index contributed by atoms with van der Waals surface area (Å²) in [6, 6.07) is 72.6. The van der Waals surface area contributed by atoms with Crippen LogP contribution in [0, 0.1) is 0 Å². The predicted octanol–water partition coefficient (Wildman–Crippen LogP) is 15.5. The Labute approximate surface area is 332 Å². The Morgan fingerprint density at radius 3 is 1.63 bits per heavy atom. The third-order valence-corrected chi connectivity index (χ3v) is 12.1. The maximum Gasteiger partial charge on any atom is 0.135 e. The fourth-order valence-corrected chi connectivity index (χ4v) is 9.15. The molecule has 1 aliphatic carbocycles. The second kappa shape index (κ2) is 13.0. The van der Waals surface area contributed by atoms with E-state index in [0.29, 0.717) is 0 Å². The molecule has 0 fully saturated rings. The summed E-state index contributed by atoms with van der Waals surface area (Å²) in [5.74, 6) is 1.73. The lowest BCUT2D eigenvalue weighted by Gasteiger charge is -2.28. The molecule has 0 amide bonds. The van der Waals surface area contributed by atoms with Crippen LogP contribution in [0.25, 0.3) is 65.3 Å². The topological polar surface area (TPSA) is 12.5 Å². The molecule has 0 aliphatic heterocycles. The van der Waals surface area contributed by atoms with Crippen LogP contribution in [0.5, 0.6) is 11.5 Å². The van der Waals surface area contributed by atoms with Gasteiger partial charge in [-0.3, -0.25) is 0 Å². The van der Waals surface area contributed by atoms with Crippen LogP contribution in [0.4, 0.5) is 17.1 Å². The first-order valence-corrected chi connectivity index (χ1v) is 19.7. The Balaban J connectivity index is 1.01. The molecule has 2 heteroatoms. The minimum Gasteiger partial charge on any atom is -0.457 e. The van der Waals surface area contributed by atoms with Crippen molar-refractivity contribution in [3.63, 3.8) is 0 Å². The molecule has 0 unspecified atom stereocenters. The molecule has 0 saturated carbocycles. The van der Waals surface area contributed by atoms with Gasteiger partial charge in [0, 0.05) is 27.6 Å². The molecule has 0 atom stereocenters. The second-order valence-electron chi connectivity index (χ2n) is 15.7. The summed E-state index contributed by atoms with van der Waals surface area (Å²) in [7, 11) is 0. The van der Waals surface area contributed by atoms with Gasteiger partial charge in [-0.2, -0.15) is 0 Å². The third-order valence-electron chi connectivity index (χ3n) is 12.1. The van der Waals surface area contributed by atoms with Gasteiger partial charge in [-0.15, -0.1) is 0 Å². The van der Waals surface area contributed by atoms with Gasteiger partial charge in [0.15, 0.2) is 0 Å². The van der Waals surface area contributed by atoms with Crippen LogP contribution in [-0.2, 0) is 5.41 Å². The maximum absolute atomic E-state index is 6.58. The van der Waals surface area contributed by atoms with Crippen molar-refractivity contribution in [1.29, 1.82) is 0 Å². The SMILES string of the molecule is CC1(C)c2cc(Oc3cccc4ccccc34)ccc2-c2ccc(-c3ccc(N(c4ccc5ccccc5c4)c4ccc5ccccc5c4)c4ccccc34)cc21. The Kier molecular flexibility index (Phi) is 7.55. The minimum absolute atomic E-state index is 0.211. The van der Waals surface area contributed by atoms with Crippen molar-refractivity contribution in [3.05, 3.63) is 211 Å². The van der Waals surface area contributed by atoms with Crippen LogP contribution >= 0.6 is 0 Å². The summed E-state index contributed by atoms with van der Waals surface area (Å²) in [6.07, 6.45) is 0. The summed E-state index contributed by atoms with van der Waals surface area (Å²) in [5, 5.41) is 9.61. The number of hydrogen-bond donors (Lipinski definition) is 0. The highest BCUT2D eigenvalue weighted by atomic mass is 16.5. The summed E-state index contributed by atoms with van der Waals surface area (Å²) < 4.78 is 6.58. The summed E-state index contributed by atoms with van der Waals surface area (Å²) in [5.41, 5.74) is 10.8. The maximum atomic E-state index is 6.58. The van der Waals surface area contributed by atoms with Crippen molar-refractivity contribution >= 4 is 60.2 Å². The molecule has 11 rings (SSSR count). The van der Waals surface area contributed by atoms with Gasteiger partial charge < -0.3 is 9.64 Å². The normalized spacial score (nSPS) is 12.9. The van der Waals surface area contributed by atoms with Crippen molar-refractivity contribution in [2.45, 2.75) is 19.3 Å². The monoisotopic (exact) mass is 729 g/mol. The molecule has 0 aromatic heterocycles. The fraction of sp³-hybridized carbons (Fsp3) is 0.0545. The zero-order valence-electron chi connectivity index (χ0n) is 31.9. The average molecular weight is 730 g/mol. The van der Waals surface area contributed by atoms with Gasteiger partial charge in [-0.1, -0.05) is 159 Å². The van der Waals surface area contributed by atoms with Crippen LogP contribution < -0.4 is 9.64 Å². The zero-order chi connectivity index (χ0) is 38.1. The molecule has 10 aromatic rings. The van der Waals surface area contributed by atoms with E-state index in [4.69, 9.17) is 4.74 Å². The highest BCUT2D eigenvalue weighted by Crippen LogP contribution is 2.52. The molecular weight excluding hydrogens is 691 g/mol. The van der Waals surface area contributed by atoms with Gasteiger partial charge in [0.05, 0.1) is 5.69 Å². The minimum atomic E-state index is -0.211. The molecule has 1 aliphatic rings. The second-order valence-corrected chi connectivity index (χ2v) is 15.7. The first-order chi connectivity index (χ1) is 28.0. The Hall–Kier alpha value is -7.16. The molecule has 10 aromatic carbocycles. The lowest BCUT2D eigenvalue weighted by Crippen LogP contribution is -2.15. The number of benzene rings is 10. The largest absolute Gasteiger partial charge is 0.457 e. The van der Waals surface area contributed by atoms with Crippen LogP contribution in [0.3, 0.4) is 0 Å². The first-order valence-electron chi connectivity index (χ1n) is 19.7. The molecular formula is C55H39NO. The first kappa shape index (κ1) is 33.2. The van der Waals surface area contributed by atoms with Crippen molar-refractivity contribution < 1.29 is 4.74 Å². The number of hydrogen-bond acceptors (Lipinski definition) is 2. The van der Waals surface area contributed by atoms with Crippen LogP contribution in [0.2, 0.25) is 0 Å². The van der Waals surface area contributed by atoms with Crippen molar-refractivity contribution in [2.24, 2.45) is 0 Å². The Morgan fingerprint density at radius 1 is 0.386 bits per heavy atom. The Bertz CT molecular complexity index is 3130. The third kappa shape index (κ3) is 5.48. The molecule has 0 spiro atoms. The van der Waals surface area contributed by atoms with E-state index < -0.39 is 0 Å². The van der Waals surface area contributed by atoms with E-state index in [0.717, 1.165) is 33.9 Å². The molecule has 57 heavy (non-hydrogen) atoms. The highest BCUT2D eigenvalue weighted by molar-refractivity contribution is 6.07. The standard InChI is InChI=1S/C55H39NO/c1-55(2)51-34-41(24-28-48(51)49-29-27-44(35-52(49)55)57-54-21-11-17-38-14-7-8-18-46(38)54)45-30-31-53(50-20-10-9-19-47(45)50)56(42-25-22-36-12-3-5-15-39(36)32-42)43-26-23-37-13-4-6-16-40(37)33-43/h3-35H,1-2H3. The van der Waals surface area contributed by atoms with E-state index in [9.17, 15) is 0 Å². The fourth-order valence-electron chi connectivity index (χ4n) is 9.15. The highest BCUT2D eigenvalue weighted by Gasteiger charge is 2.36. The van der Waals surface area contributed by atoms with E-state index in [-0.39, 0.29) is 5.41 Å². The van der Waals surface area contributed by atoms with Gasteiger partial charge in [-0.05, 0) is 120 Å². The quantitative estimate of drug-likeness (QED) is 0.169. The van der Waals surface area contributed by atoms with Crippen molar-refractivity contribution in [3.8, 4) is 33.8 Å². The van der Waals surface area contributed by atoms with E-state index in [2.05, 4.69) is 219 Å². The molecule has 0 N–H and O–H groups in total. The number of fused-ring (bicyclic) bond motifs is 7. The summed E-state index contributed by atoms with van der Waals surface area (Å²) in [4.78, 5) is 2.42. The molecule has 0 heterocycles. The van der Waals surface area contributed by atoms with E-state index >= 15 is 0 Å². The van der Waals surface area contributed by atoms with Gasteiger partial charge in [0.2, 0.25) is 0 Å². The zero-order valence-corrected chi connectivity index (χ0v) is 31.9. The van der Waals surface area contributed by atoms with Crippen molar-refractivity contribution in [2.75, 3.05) is 4.90 Å². The molecule has 2 nitrogen and oxygen atoms in total. The lowest BCUT2D eigenvalue weighted by atomic mass is 9.81. The predicted molar refractivity (Wildman–Crippen MR) is 241 cm³/mol. The van der Waals surface area contributed by atoms with Crippen molar-refractivity contribution in [1.82, 2.24) is 0 Å². The number of ether oxygens (including phenoxy) is 1. The molecule has 0 bridgehead atoms. The van der Waals surface area contributed by atoms with Crippen LogP contribution in [-0.4, -0.2) is 0 Å². The number of rotatable bonds is 6. The Morgan fingerprint density at radius 2 is 0.930 bits per heavy atom. The number of anilines is 3. The van der Waals surface area contributed by atoms with Crippen LogP contribution in [0.15, 0.2) is 200 Å². The van der Waals surface area contributed by atoms with Gasteiger partial charge in [0.25, 0.3) is 0 Å². The summed E-state index contributed by atoms with van der Waals surface area (Å²) in [6.45, 7) is 4.69. The van der Waals surface area contributed by atoms with E-state index in [1.165, 1.54) is 71.1 Å². The lowest BCUT2D eigenvalue weighted by molar-refractivity contribution is 0.486. The molecule has 270 valence electrons. The molecule has 0 saturated heterocycles. The van der Waals surface area contributed by atoms with Gasteiger partial charge >= 0.3 is 0 Å². The van der Waals surface area contributed by atoms with E-state index in [1.54, 1.807) is 0 Å². The number of nitrogens with zero attached hydrogens (tertiary/aromatic N) is 1.